The summed E-state index contributed by atoms with van der Waals surface area (Å²) in [4.78, 5) is 15.2. The molecule has 1 unspecified atom stereocenters. The van der Waals surface area contributed by atoms with E-state index in [4.69, 9.17) is 0 Å². The van der Waals surface area contributed by atoms with E-state index >= 15 is 0 Å². The van der Waals surface area contributed by atoms with Crippen LogP contribution in [0.2, 0.25) is 0 Å². The van der Waals surface area contributed by atoms with E-state index in [1.807, 2.05) is 4.90 Å². The molecule has 0 spiro atoms. The first-order valence-electron chi connectivity index (χ1n) is 8.95. The predicted octanol–water partition coefficient (Wildman–Crippen LogP) is 3.68. The van der Waals surface area contributed by atoms with E-state index in [9.17, 15) is 14.5 Å². The van der Waals surface area contributed by atoms with Crippen LogP contribution in [-0.2, 0) is 0 Å². The summed E-state index contributed by atoms with van der Waals surface area (Å²) < 4.78 is 13.9. The Labute approximate surface area is 142 Å². The molecule has 1 aromatic carbocycles. The van der Waals surface area contributed by atoms with E-state index in [2.05, 4.69) is 11.8 Å². The van der Waals surface area contributed by atoms with Gasteiger partial charge in [0.05, 0.1) is 4.92 Å². The summed E-state index contributed by atoms with van der Waals surface area (Å²) in [6.07, 6.45) is 4.66. The average Bonchev–Trinajstić information content (AvgIpc) is 2.57. The third kappa shape index (κ3) is 3.86. The standard InChI is InChI=1S/C18H26FN3O2/c1-14-7-10-20(11-8-14)12-15-4-3-9-21(13-15)17-6-2-5-16(19)18(17)22(23)24/h2,5-6,14-15H,3-4,7-13H2,1H3. The number of nitrogens with zero attached hydrogens (tertiary/aromatic N) is 3. The van der Waals surface area contributed by atoms with Gasteiger partial charge in [0.1, 0.15) is 5.69 Å². The number of likely N-dealkylation sites (tertiary alicyclic amines) is 1. The molecule has 5 nitrogen and oxygen atoms in total. The van der Waals surface area contributed by atoms with Gasteiger partial charge in [-0.05, 0) is 62.7 Å². The van der Waals surface area contributed by atoms with Crippen LogP contribution < -0.4 is 4.90 Å². The van der Waals surface area contributed by atoms with Crippen LogP contribution in [0, 0.1) is 27.8 Å². The molecule has 2 saturated heterocycles. The lowest BCUT2D eigenvalue weighted by molar-refractivity contribution is -0.386. The number of piperidine rings is 2. The minimum Gasteiger partial charge on any atom is -0.366 e. The molecular weight excluding hydrogens is 309 g/mol. The van der Waals surface area contributed by atoms with E-state index in [0.717, 1.165) is 57.5 Å². The molecule has 0 amide bonds. The van der Waals surface area contributed by atoms with Crippen LogP contribution in [-0.4, -0.2) is 42.5 Å². The molecule has 2 heterocycles. The highest BCUT2D eigenvalue weighted by atomic mass is 19.1. The molecule has 3 rings (SSSR count). The number of hydrogen-bond donors (Lipinski definition) is 0. The fraction of sp³-hybridized carbons (Fsp3) is 0.667. The van der Waals surface area contributed by atoms with Crippen molar-refractivity contribution in [1.29, 1.82) is 0 Å². The van der Waals surface area contributed by atoms with Crippen LogP contribution in [0.4, 0.5) is 15.8 Å². The van der Waals surface area contributed by atoms with Crippen molar-refractivity contribution in [3.8, 4) is 0 Å². The largest absolute Gasteiger partial charge is 0.366 e. The fourth-order valence-corrected chi connectivity index (χ4v) is 3.98. The smallest absolute Gasteiger partial charge is 0.327 e. The molecule has 0 radical (unpaired) electrons. The van der Waals surface area contributed by atoms with Crippen molar-refractivity contribution in [3.05, 3.63) is 34.1 Å². The Kier molecular flexibility index (Phi) is 5.33. The van der Waals surface area contributed by atoms with Crippen LogP contribution in [0.3, 0.4) is 0 Å². The Morgan fingerprint density at radius 1 is 1.25 bits per heavy atom. The zero-order valence-corrected chi connectivity index (χ0v) is 14.3. The second kappa shape index (κ2) is 7.47. The molecule has 2 fully saturated rings. The number of halogens is 1. The summed E-state index contributed by atoms with van der Waals surface area (Å²) in [7, 11) is 0. The van der Waals surface area contributed by atoms with Gasteiger partial charge in [-0.2, -0.15) is 4.39 Å². The molecule has 0 N–H and O–H groups in total. The second-order valence-electron chi connectivity index (χ2n) is 7.30. The maximum atomic E-state index is 13.9. The second-order valence-corrected chi connectivity index (χ2v) is 7.30. The molecule has 0 aliphatic carbocycles. The van der Waals surface area contributed by atoms with E-state index in [-0.39, 0.29) is 5.69 Å². The first-order chi connectivity index (χ1) is 11.5. The SMILES string of the molecule is CC1CCN(CC2CCCN(c3cccc(F)c3[N+](=O)[O-])C2)CC1. The first kappa shape index (κ1) is 17.1. The van der Waals surface area contributed by atoms with Gasteiger partial charge in [-0.1, -0.05) is 13.0 Å². The maximum Gasteiger partial charge on any atom is 0.327 e. The quantitative estimate of drug-likeness (QED) is 0.622. The molecule has 132 valence electrons. The van der Waals surface area contributed by atoms with Crippen LogP contribution >= 0.6 is 0 Å². The molecule has 0 bridgehead atoms. The number of nitro benzene ring substituents is 1. The normalized spacial score (nSPS) is 23.4. The number of para-hydroxylation sites is 1. The van der Waals surface area contributed by atoms with Gasteiger partial charge in [-0.15, -0.1) is 0 Å². The molecule has 24 heavy (non-hydrogen) atoms. The monoisotopic (exact) mass is 335 g/mol. The molecule has 1 aromatic rings. The Hall–Kier alpha value is -1.69. The average molecular weight is 335 g/mol. The Morgan fingerprint density at radius 2 is 2.00 bits per heavy atom. The number of benzene rings is 1. The minimum absolute atomic E-state index is 0.384. The third-order valence-electron chi connectivity index (χ3n) is 5.40. The minimum atomic E-state index is -0.746. The molecule has 0 saturated carbocycles. The Morgan fingerprint density at radius 3 is 2.71 bits per heavy atom. The molecule has 2 aliphatic heterocycles. The topological polar surface area (TPSA) is 49.6 Å². The lowest BCUT2D eigenvalue weighted by Crippen LogP contribution is -2.43. The van der Waals surface area contributed by atoms with E-state index in [0.29, 0.717) is 11.6 Å². The highest BCUT2D eigenvalue weighted by Crippen LogP contribution is 2.33. The van der Waals surface area contributed by atoms with Crippen molar-refractivity contribution in [2.75, 3.05) is 37.6 Å². The van der Waals surface area contributed by atoms with Gasteiger partial charge < -0.3 is 9.80 Å². The Balaban J connectivity index is 1.68. The molecule has 0 aromatic heterocycles. The van der Waals surface area contributed by atoms with Crippen molar-refractivity contribution in [2.45, 2.75) is 32.6 Å². The van der Waals surface area contributed by atoms with Gasteiger partial charge in [0.15, 0.2) is 0 Å². The zero-order valence-electron chi connectivity index (χ0n) is 14.3. The first-order valence-corrected chi connectivity index (χ1v) is 8.95. The molecule has 1 atom stereocenters. The molecule has 2 aliphatic rings. The highest BCUT2D eigenvalue weighted by Gasteiger charge is 2.29. The number of anilines is 1. The van der Waals surface area contributed by atoms with E-state index in [1.165, 1.54) is 12.8 Å². The predicted molar refractivity (Wildman–Crippen MR) is 92.8 cm³/mol. The summed E-state index contributed by atoms with van der Waals surface area (Å²) in [6, 6.07) is 4.40. The number of rotatable bonds is 4. The summed E-state index contributed by atoms with van der Waals surface area (Å²) in [5, 5.41) is 11.2. The summed E-state index contributed by atoms with van der Waals surface area (Å²) in [5.74, 6) is 0.568. The van der Waals surface area contributed by atoms with Crippen LogP contribution in [0.25, 0.3) is 0 Å². The van der Waals surface area contributed by atoms with Crippen molar-refractivity contribution in [2.24, 2.45) is 11.8 Å². The van der Waals surface area contributed by atoms with Crippen molar-refractivity contribution in [1.82, 2.24) is 4.90 Å². The molecule has 6 heteroatoms. The van der Waals surface area contributed by atoms with Crippen LogP contribution in [0.15, 0.2) is 18.2 Å². The lowest BCUT2D eigenvalue weighted by Gasteiger charge is -2.38. The van der Waals surface area contributed by atoms with Crippen LogP contribution in [0.1, 0.15) is 32.6 Å². The van der Waals surface area contributed by atoms with Crippen molar-refractivity contribution < 1.29 is 9.31 Å². The number of nitro groups is 1. The highest BCUT2D eigenvalue weighted by molar-refractivity contribution is 5.64. The van der Waals surface area contributed by atoms with Crippen LogP contribution in [0.5, 0.6) is 0 Å². The Bertz CT molecular complexity index is 588. The van der Waals surface area contributed by atoms with Gasteiger partial charge in [0.25, 0.3) is 0 Å². The lowest BCUT2D eigenvalue weighted by atomic mass is 9.94. The summed E-state index contributed by atoms with van der Waals surface area (Å²) >= 11 is 0. The van der Waals surface area contributed by atoms with Crippen molar-refractivity contribution >= 4 is 11.4 Å². The summed E-state index contributed by atoms with van der Waals surface area (Å²) in [6.45, 7) is 7.19. The number of hydrogen-bond acceptors (Lipinski definition) is 4. The van der Waals surface area contributed by atoms with Gasteiger partial charge in [-0.25, -0.2) is 0 Å². The van der Waals surface area contributed by atoms with E-state index in [1.54, 1.807) is 12.1 Å². The van der Waals surface area contributed by atoms with E-state index < -0.39 is 10.7 Å². The molecular formula is C18H26FN3O2. The van der Waals surface area contributed by atoms with Gasteiger partial charge >= 0.3 is 5.69 Å². The zero-order chi connectivity index (χ0) is 17.1. The maximum absolute atomic E-state index is 13.9. The van der Waals surface area contributed by atoms with Gasteiger partial charge in [0.2, 0.25) is 5.82 Å². The van der Waals surface area contributed by atoms with Gasteiger partial charge in [0, 0.05) is 19.6 Å². The third-order valence-corrected chi connectivity index (χ3v) is 5.40. The van der Waals surface area contributed by atoms with Crippen molar-refractivity contribution in [3.63, 3.8) is 0 Å². The fourth-order valence-electron chi connectivity index (χ4n) is 3.98. The summed E-state index contributed by atoms with van der Waals surface area (Å²) in [5.41, 5.74) is 0.0434. The van der Waals surface area contributed by atoms with Gasteiger partial charge in [-0.3, -0.25) is 10.1 Å².